The van der Waals surface area contributed by atoms with E-state index >= 15 is 0 Å². The molecule has 1 unspecified atom stereocenters. The van der Waals surface area contributed by atoms with E-state index in [2.05, 4.69) is 10.6 Å². The fraction of sp³-hybridized carbons (Fsp3) is 0.500. The third-order valence-corrected chi connectivity index (χ3v) is 4.34. The van der Waals surface area contributed by atoms with Crippen molar-refractivity contribution in [3.63, 3.8) is 0 Å². The topological polar surface area (TPSA) is 88.4 Å². The van der Waals surface area contributed by atoms with Crippen LogP contribution in [0.3, 0.4) is 0 Å². The second-order valence-electron chi connectivity index (χ2n) is 4.01. The maximum absolute atomic E-state index is 11.4. The van der Waals surface area contributed by atoms with E-state index in [1.165, 1.54) is 6.26 Å². The number of hydrogen-bond donors (Lipinski definition) is 2. The Morgan fingerprint density at radius 3 is 2.94 bits per heavy atom. The first-order valence-electron chi connectivity index (χ1n) is 5.32. The van der Waals surface area contributed by atoms with Crippen LogP contribution in [0.4, 0.5) is 4.79 Å². The van der Waals surface area contributed by atoms with E-state index in [9.17, 15) is 13.2 Å². The molecule has 0 aromatic carbocycles. The minimum Gasteiger partial charge on any atom is -0.467 e. The Balaban J connectivity index is 1.75. The van der Waals surface area contributed by atoms with Crippen LogP contribution in [0.2, 0.25) is 0 Å². The van der Waals surface area contributed by atoms with Crippen molar-refractivity contribution in [1.82, 2.24) is 10.6 Å². The van der Waals surface area contributed by atoms with Crippen molar-refractivity contribution in [2.24, 2.45) is 0 Å². The molecule has 2 N–H and O–H groups in total. The minimum atomic E-state index is -2.96. The summed E-state index contributed by atoms with van der Waals surface area (Å²) in [6, 6.07) is 2.83. The van der Waals surface area contributed by atoms with Gasteiger partial charge in [-0.15, -0.1) is 0 Å². The predicted octanol–water partition coefficient (Wildman–Crippen LogP) is 0.266. The van der Waals surface area contributed by atoms with Crippen LogP contribution in [-0.2, 0) is 16.4 Å². The molecule has 1 fully saturated rings. The van der Waals surface area contributed by atoms with E-state index in [0.29, 0.717) is 12.2 Å². The first-order valence-corrected chi connectivity index (χ1v) is 7.14. The SMILES string of the molecule is O=C(NCc1ccco1)NC1CCS(=O)(=O)C1. The van der Waals surface area contributed by atoms with Crippen molar-refractivity contribution < 1.29 is 17.6 Å². The number of carbonyl (C=O) groups excluding carboxylic acids is 1. The lowest BCUT2D eigenvalue weighted by Crippen LogP contribution is -2.42. The number of carbonyl (C=O) groups is 1. The van der Waals surface area contributed by atoms with E-state index in [1.807, 2.05) is 0 Å². The summed E-state index contributed by atoms with van der Waals surface area (Å²) in [7, 11) is -2.96. The van der Waals surface area contributed by atoms with Gasteiger partial charge in [-0.1, -0.05) is 0 Å². The quantitative estimate of drug-likeness (QED) is 0.814. The lowest BCUT2D eigenvalue weighted by atomic mass is 10.3. The standard InChI is InChI=1S/C10H14N2O4S/c13-10(11-6-9-2-1-4-16-9)12-8-3-5-17(14,15)7-8/h1-2,4,8H,3,5-7H2,(H2,11,12,13). The zero-order chi connectivity index (χ0) is 12.3. The van der Waals surface area contributed by atoms with Crippen LogP contribution in [0.1, 0.15) is 12.2 Å². The summed E-state index contributed by atoms with van der Waals surface area (Å²) in [6.45, 7) is 0.290. The number of rotatable bonds is 3. The summed E-state index contributed by atoms with van der Waals surface area (Å²) < 4.78 is 27.4. The van der Waals surface area contributed by atoms with Gasteiger partial charge < -0.3 is 15.1 Å². The predicted molar refractivity (Wildman–Crippen MR) is 61.1 cm³/mol. The number of hydrogen-bond acceptors (Lipinski definition) is 4. The van der Waals surface area contributed by atoms with Gasteiger partial charge in [-0.3, -0.25) is 0 Å². The average molecular weight is 258 g/mol. The maximum Gasteiger partial charge on any atom is 0.315 e. The average Bonchev–Trinajstić information content (AvgIpc) is 2.85. The summed E-state index contributed by atoms with van der Waals surface area (Å²) in [4.78, 5) is 11.4. The van der Waals surface area contributed by atoms with E-state index in [0.717, 1.165) is 0 Å². The number of urea groups is 1. The molecule has 2 amide bonds. The van der Waals surface area contributed by atoms with E-state index in [-0.39, 0.29) is 30.1 Å². The highest BCUT2D eigenvalue weighted by molar-refractivity contribution is 7.91. The van der Waals surface area contributed by atoms with Gasteiger partial charge in [-0.2, -0.15) is 0 Å². The molecule has 1 aromatic rings. The van der Waals surface area contributed by atoms with Gasteiger partial charge >= 0.3 is 6.03 Å². The molecule has 1 aromatic heterocycles. The second kappa shape index (κ2) is 4.79. The van der Waals surface area contributed by atoms with Crippen molar-refractivity contribution >= 4 is 15.9 Å². The van der Waals surface area contributed by atoms with Gasteiger partial charge in [0.1, 0.15) is 5.76 Å². The highest BCUT2D eigenvalue weighted by Gasteiger charge is 2.28. The van der Waals surface area contributed by atoms with Crippen molar-refractivity contribution in [2.75, 3.05) is 11.5 Å². The van der Waals surface area contributed by atoms with Gasteiger partial charge in [0.15, 0.2) is 9.84 Å². The summed E-state index contributed by atoms with van der Waals surface area (Å²) in [5.41, 5.74) is 0. The van der Waals surface area contributed by atoms with Crippen LogP contribution >= 0.6 is 0 Å². The Morgan fingerprint density at radius 2 is 2.35 bits per heavy atom. The van der Waals surface area contributed by atoms with Gasteiger partial charge in [0.25, 0.3) is 0 Å². The van der Waals surface area contributed by atoms with Crippen LogP contribution in [-0.4, -0.2) is 32.0 Å². The molecule has 1 atom stereocenters. The summed E-state index contributed by atoms with van der Waals surface area (Å²) in [5, 5.41) is 5.23. The highest BCUT2D eigenvalue weighted by atomic mass is 32.2. The normalized spacial score (nSPS) is 22.2. The first kappa shape index (κ1) is 12.0. The zero-order valence-corrected chi connectivity index (χ0v) is 10.00. The molecule has 2 heterocycles. The molecule has 0 bridgehead atoms. The van der Waals surface area contributed by atoms with Gasteiger partial charge in [-0.25, -0.2) is 13.2 Å². The summed E-state index contributed by atoms with van der Waals surface area (Å²) in [5.74, 6) is 0.830. The molecule has 94 valence electrons. The largest absolute Gasteiger partial charge is 0.467 e. The molecule has 1 aliphatic heterocycles. The molecule has 6 nitrogen and oxygen atoms in total. The zero-order valence-electron chi connectivity index (χ0n) is 9.18. The third-order valence-electron chi connectivity index (χ3n) is 2.57. The molecular weight excluding hydrogens is 244 g/mol. The molecule has 0 radical (unpaired) electrons. The number of nitrogens with one attached hydrogen (secondary N) is 2. The Labute approximate surface area is 99.3 Å². The van der Waals surface area contributed by atoms with Crippen LogP contribution < -0.4 is 10.6 Å². The molecule has 7 heteroatoms. The summed E-state index contributed by atoms with van der Waals surface area (Å²) in [6.07, 6.45) is 2.01. The Kier molecular flexibility index (Phi) is 3.37. The lowest BCUT2D eigenvalue weighted by Gasteiger charge is -2.11. The van der Waals surface area contributed by atoms with E-state index in [4.69, 9.17) is 4.42 Å². The van der Waals surface area contributed by atoms with Crippen molar-refractivity contribution in [3.05, 3.63) is 24.2 Å². The molecule has 0 spiro atoms. The minimum absolute atomic E-state index is 0.0289. The molecular formula is C10H14N2O4S. The molecule has 0 saturated carbocycles. The Bertz CT molecular complexity index is 480. The highest BCUT2D eigenvalue weighted by Crippen LogP contribution is 2.10. The molecule has 1 saturated heterocycles. The first-order chi connectivity index (χ1) is 8.05. The van der Waals surface area contributed by atoms with Crippen molar-refractivity contribution in [1.29, 1.82) is 0 Å². The van der Waals surface area contributed by atoms with Crippen LogP contribution in [0.5, 0.6) is 0 Å². The number of sulfone groups is 1. The Morgan fingerprint density at radius 1 is 1.53 bits per heavy atom. The van der Waals surface area contributed by atoms with Gasteiger partial charge in [0, 0.05) is 6.04 Å². The molecule has 0 aliphatic carbocycles. The summed E-state index contributed by atoms with van der Waals surface area (Å²) >= 11 is 0. The van der Waals surface area contributed by atoms with Crippen LogP contribution in [0.25, 0.3) is 0 Å². The van der Waals surface area contributed by atoms with E-state index in [1.54, 1.807) is 12.1 Å². The second-order valence-corrected chi connectivity index (χ2v) is 6.24. The van der Waals surface area contributed by atoms with Crippen molar-refractivity contribution in [2.45, 2.75) is 19.0 Å². The smallest absolute Gasteiger partial charge is 0.315 e. The molecule has 2 rings (SSSR count). The van der Waals surface area contributed by atoms with Crippen molar-refractivity contribution in [3.8, 4) is 0 Å². The monoisotopic (exact) mass is 258 g/mol. The van der Waals surface area contributed by atoms with Gasteiger partial charge in [0.05, 0.1) is 24.3 Å². The maximum atomic E-state index is 11.4. The fourth-order valence-electron chi connectivity index (χ4n) is 1.73. The lowest BCUT2D eigenvalue weighted by molar-refractivity contribution is 0.236. The Hall–Kier alpha value is -1.50. The van der Waals surface area contributed by atoms with Gasteiger partial charge in [-0.05, 0) is 18.6 Å². The molecule has 17 heavy (non-hydrogen) atoms. The van der Waals surface area contributed by atoms with E-state index < -0.39 is 9.84 Å². The number of furan rings is 1. The fourth-order valence-corrected chi connectivity index (χ4v) is 3.40. The molecule has 1 aliphatic rings. The van der Waals surface area contributed by atoms with Gasteiger partial charge in [0.2, 0.25) is 0 Å². The van der Waals surface area contributed by atoms with Crippen LogP contribution in [0, 0.1) is 0 Å². The van der Waals surface area contributed by atoms with Crippen LogP contribution in [0.15, 0.2) is 22.8 Å². The third kappa shape index (κ3) is 3.48. The number of amides is 2.